The standard InChI is InChI=1S/C13H17N3O/c17-12-8-13(3-6-14-7-4-13)10-16(12)11-2-1-5-15-9-11/h1-2,5,9,14H,3-4,6-8,10H2. The second-order valence-electron chi connectivity index (χ2n) is 5.12. The van der Waals surface area contributed by atoms with Crippen molar-refractivity contribution in [2.45, 2.75) is 19.3 Å². The van der Waals surface area contributed by atoms with Crippen molar-refractivity contribution in [1.29, 1.82) is 0 Å². The summed E-state index contributed by atoms with van der Waals surface area (Å²) in [5, 5.41) is 3.36. The molecule has 2 aliphatic rings. The van der Waals surface area contributed by atoms with Crippen LogP contribution in [0.1, 0.15) is 19.3 Å². The lowest BCUT2D eigenvalue weighted by atomic mass is 9.78. The van der Waals surface area contributed by atoms with Gasteiger partial charge < -0.3 is 10.2 Å². The number of amides is 1. The van der Waals surface area contributed by atoms with Crippen molar-refractivity contribution >= 4 is 11.6 Å². The smallest absolute Gasteiger partial charge is 0.227 e. The van der Waals surface area contributed by atoms with Crippen LogP contribution < -0.4 is 10.2 Å². The Bertz CT molecular complexity index is 412. The zero-order valence-corrected chi connectivity index (χ0v) is 9.85. The molecule has 4 heteroatoms. The molecule has 1 N–H and O–H groups in total. The third-order valence-corrected chi connectivity index (χ3v) is 3.94. The Hall–Kier alpha value is -1.42. The molecule has 1 spiro atoms. The van der Waals surface area contributed by atoms with Crippen LogP contribution in [0.3, 0.4) is 0 Å². The minimum Gasteiger partial charge on any atom is -0.317 e. The van der Waals surface area contributed by atoms with Gasteiger partial charge in [0, 0.05) is 19.2 Å². The van der Waals surface area contributed by atoms with Gasteiger partial charge in [0.2, 0.25) is 5.91 Å². The summed E-state index contributed by atoms with van der Waals surface area (Å²) in [6.45, 7) is 2.93. The van der Waals surface area contributed by atoms with Crippen LogP contribution in [-0.2, 0) is 4.79 Å². The molecule has 0 bridgehead atoms. The van der Waals surface area contributed by atoms with Gasteiger partial charge in [0.15, 0.2) is 0 Å². The van der Waals surface area contributed by atoms with Crippen LogP contribution in [0.5, 0.6) is 0 Å². The quantitative estimate of drug-likeness (QED) is 0.789. The number of hydrogen-bond donors (Lipinski definition) is 1. The van der Waals surface area contributed by atoms with Crippen LogP contribution in [0.25, 0.3) is 0 Å². The summed E-state index contributed by atoms with van der Waals surface area (Å²) in [4.78, 5) is 18.1. The van der Waals surface area contributed by atoms with E-state index in [1.54, 1.807) is 12.4 Å². The third-order valence-electron chi connectivity index (χ3n) is 3.94. The van der Waals surface area contributed by atoms with E-state index in [1.807, 2.05) is 17.0 Å². The van der Waals surface area contributed by atoms with Crippen LogP contribution >= 0.6 is 0 Å². The fourth-order valence-corrected chi connectivity index (χ4v) is 2.94. The molecule has 0 unspecified atom stereocenters. The summed E-state index contributed by atoms with van der Waals surface area (Å²) in [7, 11) is 0. The number of carbonyl (C=O) groups is 1. The van der Waals surface area contributed by atoms with Gasteiger partial charge in [0.05, 0.1) is 11.9 Å². The Morgan fingerprint density at radius 1 is 1.35 bits per heavy atom. The van der Waals surface area contributed by atoms with Gasteiger partial charge in [-0.25, -0.2) is 0 Å². The maximum Gasteiger partial charge on any atom is 0.227 e. The summed E-state index contributed by atoms with van der Waals surface area (Å²) < 4.78 is 0. The van der Waals surface area contributed by atoms with E-state index in [-0.39, 0.29) is 11.3 Å². The van der Waals surface area contributed by atoms with Crippen molar-refractivity contribution < 1.29 is 4.79 Å². The van der Waals surface area contributed by atoms with E-state index in [4.69, 9.17) is 0 Å². The fourth-order valence-electron chi connectivity index (χ4n) is 2.94. The summed E-state index contributed by atoms with van der Waals surface area (Å²) in [5.41, 5.74) is 1.14. The highest BCUT2D eigenvalue weighted by Gasteiger charge is 2.43. The van der Waals surface area contributed by atoms with E-state index >= 15 is 0 Å². The SMILES string of the molecule is O=C1CC2(CCNCC2)CN1c1cccnc1. The van der Waals surface area contributed by atoms with Crippen molar-refractivity contribution in [3.05, 3.63) is 24.5 Å². The molecule has 2 aliphatic heterocycles. The van der Waals surface area contributed by atoms with E-state index in [9.17, 15) is 4.79 Å². The highest BCUT2D eigenvalue weighted by Crippen LogP contribution is 2.40. The van der Waals surface area contributed by atoms with Crippen LogP contribution in [0.2, 0.25) is 0 Å². The second-order valence-corrected chi connectivity index (χ2v) is 5.12. The summed E-state index contributed by atoms with van der Waals surface area (Å²) in [6, 6.07) is 3.85. The maximum atomic E-state index is 12.1. The average Bonchev–Trinajstić information content (AvgIpc) is 2.68. The van der Waals surface area contributed by atoms with Crippen molar-refractivity contribution in [3.63, 3.8) is 0 Å². The minimum absolute atomic E-state index is 0.207. The first-order valence-corrected chi connectivity index (χ1v) is 6.20. The molecule has 2 saturated heterocycles. The molecule has 4 nitrogen and oxygen atoms in total. The third kappa shape index (κ3) is 1.93. The molecule has 0 aromatic carbocycles. The predicted molar refractivity (Wildman–Crippen MR) is 65.7 cm³/mol. The molecule has 2 fully saturated rings. The molecule has 1 aromatic rings. The van der Waals surface area contributed by atoms with E-state index < -0.39 is 0 Å². The number of nitrogens with one attached hydrogen (secondary N) is 1. The van der Waals surface area contributed by atoms with E-state index in [2.05, 4.69) is 10.3 Å². The number of pyridine rings is 1. The molecule has 3 rings (SSSR count). The molecule has 0 aliphatic carbocycles. The lowest BCUT2D eigenvalue weighted by Gasteiger charge is -2.32. The topological polar surface area (TPSA) is 45.2 Å². The molecule has 90 valence electrons. The van der Waals surface area contributed by atoms with Gasteiger partial charge in [-0.2, -0.15) is 0 Å². The Morgan fingerprint density at radius 3 is 2.88 bits per heavy atom. The molecule has 17 heavy (non-hydrogen) atoms. The average molecular weight is 231 g/mol. The first kappa shape index (κ1) is 10.7. The highest BCUT2D eigenvalue weighted by atomic mass is 16.2. The van der Waals surface area contributed by atoms with Gasteiger partial charge in [-0.1, -0.05) is 0 Å². The number of hydrogen-bond acceptors (Lipinski definition) is 3. The highest BCUT2D eigenvalue weighted by molar-refractivity contribution is 5.96. The number of anilines is 1. The Labute approximate surface area is 101 Å². The minimum atomic E-state index is 0.207. The summed E-state index contributed by atoms with van der Waals surface area (Å²) in [6.07, 6.45) is 6.43. The number of rotatable bonds is 1. The largest absolute Gasteiger partial charge is 0.317 e. The van der Waals surface area contributed by atoms with Crippen LogP contribution in [0.4, 0.5) is 5.69 Å². The molecular weight excluding hydrogens is 214 g/mol. The number of nitrogens with zero attached hydrogens (tertiary/aromatic N) is 2. The Kier molecular flexibility index (Phi) is 2.59. The van der Waals surface area contributed by atoms with Gasteiger partial charge in [0.25, 0.3) is 0 Å². The Morgan fingerprint density at radius 2 is 2.18 bits per heavy atom. The first-order valence-electron chi connectivity index (χ1n) is 6.20. The van der Waals surface area contributed by atoms with Crippen LogP contribution in [-0.4, -0.2) is 30.5 Å². The van der Waals surface area contributed by atoms with Crippen LogP contribution in [0, 0.1) is 5.41 Å². The number of piperidine rings is 1. The predicted octanol–water partition coefficient (Wildman–Crippen LogP) is 1.19. The first-order chi connectivity index (χ1) is 8.29. The molecular formula is C13H17N3O. The zero-order valence-electron chi connectivity index (χ0n) is 9.85. The van der Waals surface area contributed by atoms with Gasteiger partial charge >= 0.3 is 0 Å². The summed E-state index contributed by atoms with van der Waals surface area (Å²) >= 11 is 0. The Balaban J connectivity index is 1.82. The lowest BCUT2D eigenvalue weighted by Crippen LogP contribution is -2.38. The summed E-state index contributed by atoms with van der Waals surface area (Å²) in [5.74, 6) is 0.250. The normalized spacial score (nSPS) is 23.3. The van der Waals surface area contributed by atoms with Crippen molar-refractivity contribution in [2.75, 3.05) is 24.5 Å². The molecule has 3 heterocycles. The van der Waals surface area contributed by atoms with Crippen LogP contribution in [0.15, 0.2) is 24.5 Å². The zero-order chi connectivity index (χ0) is 11.7. The van der Waals surface area contributed by atoms with Crippen molar-refractivity contribution in [3.8, 4) is 0 Å². The van der Waals surface area contributed by atoms with Crippen molar-refractivity contribution in [2.24, 2.45) is 5.41 Å². The van der Waals surface area contributed by atoms with Gasteiger partial charge in [-0.15, -0.1) is 0 Å². The van der Waals surface area contributed by atoms with E-state index in [0.29, 0.717) is 6.42 Å². The van der Waals surface area contributed by atoms with E-state index in [0.717, 1.165) is 38.2 Å². The molecule has 0 atom stereocenters. The van der Waals surface area contributed by atoms with Gasteiger partial charge in [-0.05, 0) is 43.5 Å². The van der Waals surface area contributed by atoms with Gasteiger partial charge in [-0.3, -0.25) is 9.78 Å². The second kappa shape index (κ2) is 4.11. The molecule has 0 radical (unpaired) electrons. The van der Waals surface area contributed by atoms with E-state index in [1.165, 1.54) is 0 Å². The molecule has 1 amide bonds. The molecule has 0 saturated carbocycles. The fraction of sp³-hybridized carbons (Fsp3) is 0.538. The monoisotopic (exact) mass is 231 g/mol. The molecule has 1 aromatic heterocycles. The number of carbonyl (C=O) groups excluding carboxylic acids is 1. The number of aromatic nitrogens is 1. The maximum absolute atomic E-state index is 12.1. The van der Waals surface area contributed by atoms with Gasteiger partial charge in [0.1, 0.15) is 0 Å². The van der Waals surface area contributed by atoms with Crippen molar-refractivity contribution in [1.82, 2.24) is 10.3 Å². The lowest BCUT2D eigenvalue weighted by molar-refractivity contribution is -0.117.